The number of anilines is 1. The van der Waals surface area contributed by atoms with E-state index in [-0.39, 0.29) is 5.91 Å². The molecule has 1 amide bonds. The third-order valence-corrected chi connectivity index (χ3v) is 4.91. The second-order valence-electron chi connectivity index (χ2n) is 5.88. The summed E-state index contributed by atoms with van der Waals surface area (Å²) in [6, 6.07) is 15.8. The quantitative estimate of drug-likeness (QED) is 0.696. The predicted octanol–water partition coefficient (Wildman–Crippen LogP) is 3.72. The highest BCUT2D eigenvalue weighted by Gasteiger charge is 2.07. The topological polar surface area (TPSA) is 45.2 Å². The van der Waals surface area contributed by atoms with Crippen LogP contribution in [0, 0.1) is 0 Å². The van der Waals surface area contributed by atoms with Gasteiger partial charge in [-0.15, -0.1) is 11.3 Å². The van der Waals surface area contributed by atoms with Gasteiger partial charge in [-0.1, -0.05) is 18.2 Å². The summed E-state index contributed by atoms with van der Waals surface area (Å²) in [7, 11) is 3.93. The molecule has 0 aliphatic heterocycles. The first-order valence-corrected chi connectivity index (χ1v) is 8.85. The summed E-state index contributed by atoms with van der Waals surface area (Å²) in [5.41, 5.74) is 2.78. The average Bonchev–Trinajstić information content (AvgIpc) is 3.01. The molecule has 0 saturated carbocycles. The van der Waals surface area contributed by atoms with Gasteiger partial charge in [0.2, 0.25) is 0 Å². The Morgan fingerprint density at radius 2 is 2.00 bits per heavy atom. The van der Waals surface area contributed by atoms with Gasteiger partial charge in [0.25, 0.3) is 5.91 Å². The van der Waals surface area contributed by atoms with E-state index < -0.39 is 0 Å². The van der Waals surface area contributed by atoms with Crippen molar-refractivity contribution < 1.29 is 4.79 Å². The zero-order chi connectivity index (χ0) is 16.9. The summed E-state index contributed by atoms with van der Waals surface area (Å²) < 4.78 is 1.22. The monoisotopic (exact) mass is 339 g/mol. The van der Waals surface area contributed by atoms with Gasteiger partial charge >= 0.3 is 0 Å². The minimum absolute atomic E-state index is 0.0250. The van der Waals surface area contributed by atoms with Crippen LogP contribution in [0.2, 0.25) is 0 Å². The van der Waals surface area contributed by atoms with E-state index in [1.807, 2.05) is 61.5 Å². The van der Waals surface area contributed by atoms with Gasteiger partial charge in [-0.25, -0.2) is 4.98 Å². The van der Waals surface area contributed by atoms with Crippen LogP contribution in [0.25, 0.3) is 10.2 Å². The van der Waals surface area contributed by atoms with Gasteiger partial charge in [0.1, 0.15) is 0 Å². The predicted molar refractivity (Wildman–Crippen MR) is 101 cm³/mol. The van der Waals surface area contributed by atoms with E-state index in [0.717, 1.165) is 29.1 Å². The van der Waals surface area contributed by atoms with E-state index >= 15 is 0 Å². The fourth-order valence-electron chi connectivity index (χ4n) is 2.50. The second kappa shape index (κ2) is 7.45. The second-order valence-corrected chi connectivity index (χ2v) is 6.99. The molecule has 0 bridgehead atoms. The Kier molecular flexibility index (Phi) is 5.11. The van der Waals surface area contributed by atoms with Gasteiger partial charge < -0.3 is 10.2 Å². The van der Waals surface area contributed by atoms with Crippen LogP contribution in [0.4, 0.5) is 5.69 Å². The highest BCUT2D eigenvalue weighted by atomic mass is 32.1. The van der Waals surface area contributed by atoms with E-state index in [1.54, 1.807) is 11.3 Å². The number of thiazole rings is 1. The molecule has 124 valence electrons. The van der Waals surface area contributed by atoms with Gasteiger partial charge in [0, 0.05) is 38.3 Å². The molecule has 0 saturated heterocycles. The van der Waals surface area contributed by atoms with Crippen LogP contribution < -0.4 is 10.2 Å². The first-order chi connectivity index (χ1) is 11.6. The number of amides is 1. The number of hydrogen-bond acceptors (Lipinski definition) is 4. The molecule has 0 aliphatic rings. The van der Waals surface area contributed by atoms with Gasteiger partial charge in [0.15, 0.2) is 0 Å². The number of hydrogen-bond donors (Lipinski definition) is 1. The SMILES string of the molecule is CN(C)c1cccc(C(=O)NCCCc2nc3ccccc3s2)c1. The fraction of sp³-hybridized carbons (Fsp3) is 0.263. The third-order valence-electron chi connectivity index (χ3n) is 3.82. The first-order valence-electron chi connectivity index (χ1n) is 8.03. The molecule has 4 nitrogen and oxygen atoms in total. The smallest absolute Gasteiger partial charge is 0.251 e. The van der Waals surface area contributed by atoms with Crippen molar-refractivity contribution in [2.24, 2.45) is 0 Å². The van der Waals surface area contributed by atoms with Crippen LogP contribution in [-0.4, -0.2) is 31.5 Å². The van der Waals surface area contributed by atoms with Gasteiger partial charge in [0.05, 0.1) is 15.2 Å². The number of fused-ring (bicyclic) bond motifs is 1. The molecular formula is C19H21N3OS. The number of aryl methyl sites for hydroxylation is 1. The summed E-state index contributed by atoms with van der Waals surface area (Å²) in [5.74, 6) is -0.0250. The van der Waals surface area contributed by atoms with E-state index in [9.17, 15) is 4.79 Å². The fourth-order valence-corrected chi connectivity index (χ4v) is 3.50. The number of para-hydroxylation sites is 1. The molecule has 0 aliphatic carbocycles. The molecule has 3 rings (SSSR count). The zero-order valence-corrected chi connectivity index (χ0v) is 14.8. The maximum atomic E-state index is 12.2. The van der Waals surface area contributed by atoms with Gasteiger partial charge in [-0.3, -0.25) is 4.79 Å². The number of carbonyl (C=O) groups excluding carboxylic acids is 1. The minimum Gasteiger partial charge on any atom is -0.378 e. The van der Waals surface area contributed by atoms with Crippen LogP contribution in [0.5, 0.6) is 0 Å². The Morgan fingerprint density at radius 1 is 1.17 bits per heavy atom. The molecule has 0 unspecified atom stereocenters. The van der Waals surface area contributed by atoms with Crippen molar-refractivity contribution in [2.75, 3.05) is 25.5 Å². The summed E-state index contributed by atoms with van der Waals surface area (Å²) in [6.07, 6.45) is 1.77. The first kappa shape index (κ1) is 16.5. The van der Waals surface area contributed by atoms with Crippen molar-refractivity contribution in [3.63, 3.8) is 0 Å². The Labute approximate surface area is 146 Å². The van der Waals surface area contributed by atoms with E-state index in [0.29, 0.717) is 12.1 Å². The summed E-state index contributed by atoms with van der Waals surface area (Å²) in [4.78, 5) is 18.8. The maximum absolute atomic E-state index is 12.2. The molecule has 0 fully saturated rings. The van der Waals surface area contributed by atoms with Crippen molar-refractivity contribution in [3.05, 3.63) is 59.1 Å². The largest absolute Gasteiger partial charge is 0.378 e. The van der Waals surface area contributed by atoms with E-state index in [1.165, 1.54) is 4.70 Å². The number of carbonyl (C=O) groups is 1. The molecular weight excluding hydrogens is 318 g/mol. The van der Waals surface area contributed by atoms with Crippen molar-refractivity contribution >= 4 is 33.1 Å². The Balaban J connectivity index is 1.51. The normalized spacial score (nSPS) is 10.8. The lowest BCUT2D eigenvalue weighted by Crippen LogP contribution is -2.25. The standard InChI is InChI=1S/C19H21N3OS/c1-22(2)15-8-5-7-14(13-15)19(23)20-12-6-11-18-21-16-9-3-4-10-17(16)24-18/h3-5,7-10,13H,6,11-12H2,1-2H3,(H,20,23). The lowest BCUT2D eigenvalue weighted by atomic mass is 10.2. The number of benzene rings is 2. The van der Waals surface area contributed by atoms with Crippen LogP contribution in [0.3, 0.4) is 0 Å². The molecule has 0 spiro atoms. The highest BCUT2D eigenvalue weighted by molar-refractivity contribution is 7.18. The third kappa shape index (κ3) is 3.92. The van der Waals surface area contributed by atoms with Crippen LogP contribution in [-0.2, 0) is 6.42 Å². The number of aromatic nitrogens is 1. The summed E-state index contributed by atoms with van der Waals surface area (Å²) in [5, 5.41) is 4.11. The molecule has 5 heteroatoms. The van der Waals surface area contributed by atoms with E-state index in [2.05, 4.69) is 16.4 Å². The zero-order valence-electron chi connectivity index (χ0n) is 14.0. The number of rotatable bonds is 6. The lowest BCUT2D eigenvalue weighted by molar-refractivity contribution is 0.0953. The average molecular weight is 339 g/mol. The highest BCUT2D eigenvalue weighted by Crippen LogP contribution is 2.22. The summed E-state index contributed by atoms with van der Waals surface area (Å²) >= 11 is 1.73. The Hall–Kier alpha value is -2.40. The lowest BCUT2D eigenvalue weighted by Gasteiger charge is -2.13. The molecule has 1 N–H and O–H groups in total. The van der Waals surface area contributed by atoms with Crippen LogP contribution >= 0.6 is 11.3 Å². The summed E-state index contributed by atoms with van der Waals surface area (Å²) in [6.45, 7) is 0.654. The Morgan fingerprint density at radius 3 is 2.79 bits per heavy atom. The van der Waals surface area contributed by atoms with Crippen molar-refractivity contribution in [1.82, 2.24) is 10.3 Å². The molecule has 0 atom stereocenters. The minimum atomic E-state index is -0.0250. The molecule has 1 aromatic heterocycles. The van der Waals surface area contributed by atoms with Gasteiger partial charge in [-0.05, 0) is 36.8 Å². The van der Waals surface area contributed by atoms with Gasteiger partial charge in [-0.2, -0.15) is 0 Å². The number of nitrogens with zero attached hydrogens (tertiary/aromatic N) is 2. The molecule has 3 aromatic rings. The van der Waals surface area contributed by atoms with Crippen molar-refractivity contribution in [3.8, 4) is 0 Å². The van der Waals surface area contributed by atoms with Crippen LogP contribution in [0.15, 0.2) is 48.5 Å². The maximum Gasteiger partial charge on any atom is 0.251 e. The Bertz CT molecular complexity index is 808. The molecule has 0 radical (unpaired) electrons. The molecule has 1 heterocycles. The van der Waals surface area contributed by atoms with Crippen molar-refractivity contribution in [1.29, 1.82) is 0 Å². The molecule has 24 heavy (non-hydrogen) atoms. The molecule has 2 aromatic carbocycles. The van der Waals surface area contributed by atoms with E-state index in [4.69, 9.17) is 0 Å². The van der Waals surface area contributed by atoms with Crippen LogP contribution in [0.1, 0.15) is 21.8 Å². The number of nitrogens with one attached hydrogen (secondary N) is 1. The van der Waals surface area contributed by atoms with Crippen molar-refractivity contribution in [2.45, 2.75) is 12.8 Å².